The van der Waals surface area contributed by atoms with Gasteiger partial charge in [0.05, 0.1) is 0 Å². The molecule has 2 aliphatic heterocycles. The molecule has 2 aromatic rings. The van der Waals surface area contributed by atoms with Gasteiger partial charge in [-0.3, -0.25) is 14.4 Å². The van der Waals surface area contributed by atoms with Crippen LogP contribution in [0, 0.1) is 5.41 Å². The number of carbonyl (C=O) groups is 3. The molecule has 4 rings (SSSR count). The van der Waals surface area contributed by atoms with Gasteiger partial charge in [0, 0.05) is 41.2 Å². The maximum Gasteiger partial charge on any atom is 0.313 e. The van der Waals surface area contributed by atoms with Crippen molar-refractivity contribution in [2.75, 3.05) is 12.3 Å². The minimum absolute atomic E-state index is 0.0303. The predicted molar refractivity (Wildman–Crippen MR) is 143 cm³/mol. The number of fused-ring (bicyclic) bond motifs is 1. The van der Waals surface area contributed by atoms with E-state index in [0.717, 1.165) is 25.7 Å². The van der Waals surface area contributed by atoms with E-state index < -0.39 is 45.0 Å². The normalized spacial score (nSPS) is 25.6. The Morgan fingerprint density at radius 1 is 1.43 bits per heavy atom. The highest BCUT2D eigenvalue weighted by Crippen LogP contribution is 2.47. The number of carboxylic acid groups (broad SMARTS) is 1. The van der Waals surface area contributed by atoms with Crippen molar-refractivity contribution in [2.24, 2.45) is 5.41 Å². The minimum Gasteiger partial charge on any atom is -0.610 e. The van der Waals surface area contributed by atoms with Gasteiger partial charge in [-0.1, -0.05) is 56.2 Å². The molecule has 11 nitrogen and oxygen atoms in total. The third-order valence-electron chi connectivity index (χ3n) is 6.79. The van der Waals surface area contributed by atoms with Crippen molar-refractivity contribution in [3.05, 3.63) is 17.5 Å². The van der Waals surface area contributed by atoms with Crippen molar-refractivity contribution in [2.45, 2.75) is 77.2 Å². The van der Waals surface area contributed by atoms with E-state index in [2.05, 4.69) is 32.9 Å². The van der Waals surface area contributed by atoms with E-state index in [4.69, 9.17) is 0 Å². The fourth-order valence-electron chi connectivity index (χ4n) is 4.48. The summed E-state index contributed by atoms with van der Waals surface area (Å²) >= 11 is 2.41. The van der Waals surface area contributed by atoms with Crippen LogP contribution < -0.4 is 5.32 Å². The van der Waals surface area contributed by atoms with Crippen molar-refractivity contribution in [3.8, 4) is 0 Å². The molecular weight excluding hydrogens is 557 g/mol. The summed E-state index contributed by atoms with van der Waals surface area (Å²) in [5, 5.41) is 27.2. The van der Waals surface area contributed by atoms with E-state index >= 15 is 0 Å². The maximum absolute atomic E-state index is 13.3. The molecule has 0 aliphatic carbocycles. The van der Waals surface area contributed by atoms with Gasteiger partial charge < -0.3 is 19.9 Å². The Labute approximate surface area is 230 Å². The quantitative estimate of drug-likeness (QED) is 0.137. The standard InChI is InChI=1S/C22H30N6O5S4/c1-3-4-5-6-8-14(37(33)15-9-7-10-34-15)17(29)23-16-18(30)28-11-22(20(31)32,12-35-19(16)28)13(2)36-21-24-26-27-25-21/h7,9-10,13-14,16,19H,3-6,8,11-12H2,1-2H3,(H,23,29)(H,31,32)(H,24,25,26,27)/t13?,14?,16?,19-,22?,37?/m1/s1. The molecule has 6 atom stereocenters. The Morgan fingerprint density at radius 2 is 2.24 bits per heavy atom. The summed E-state index contributed by atoms with van der Waals surface area (Å²) in [6.45, 7) is 3.92. The van der Waals surface area contributed by atoms with Gasteiger partial charge in [-0.15, -0.1) is 16.9 Å². The van der Waals surface area contributed by atoms with Gasteiger partial charge in [0.1, 0.15) is 16.8 Å². The molecule has 0 saturated carbocycles. The van der Waals surface area contributed by atoms with E-state index in [0.29, 0.717) is 15.8 Å². The molecule has 202 valence electrons. The van der Waals surface area contributed by atoms with Crippen LogP contribution in [-0.2, 0) is 25.6 Å². The third-order valence-corrected chi connectivity index (χ3v) is 12.5. The van der Waals surface area contributed by atoms with Crippen LogP contribution in [-0.4, -0.2) is 87.2 Å². The molecule has 3 N–H and O–H groups in total. The number of β-lactam (4-membered cyclic amide) rings is 1. The Kier molecular flexibility index (Phi) is 9.43. The number of aromatic amines is 1. The highest BCUT2D eigenvalue weighted by Gasteiger charge is 2.59. The zero-order chi connectivity index (χ0) is 26.6. The van der Waals surface area contributed by atoms with Gasteiger partial charge in [-0.25, -0.2) is 5.10 Å². The average molecular weight is 587 g/mol. The van der Waals surface area contributed by atoms with E-state index in [-0.39, 0.29) is 23.6 Å². The Balaban J connectivity index is 1.41. The number of tetrazole rings is 1. The topological polar surface area (TPSA) is 164 Å². The van der Waals surface area contributed by atoms with Gasteiger partial charge in [-0.05, 0) is 28.3 Å². The Morgan fingerprint density at radius 3 is 2.89 bits per heavy atom. The molecule has 0 aromatic carbocycles. The second-order valence-corrected chi connectivity index (χ2v) is 14.4. The smallest absolute Gasteiger partial charge is 0.313 e. The lowest BCUT2D eigenvalue weighted by Crippen LogP contribution is -2.75. The molecular formula is C22H30N6O5S4. The van der Waals surface area contributed by atoms with Crippen LogP contribution in [0.15, 0.2) is 26.9 Å². The van der Waals surface area contributed by atoms with Crippen LogP contribution >= 0.6 is 34.9 Å². The number of aliphatic carboxylic acids is 1. The molecule has 37 heavy (non-hydrogen) atoms. The van der Waals surface area contributed by atoms with Crippen molar-refractivity contribution >= 4 is 63.8 Å². The maximum atomic E-state index is 13.3. The fraction of sp³-hybridized carbons (Fsp3) is 0.636. The molecule has 0 bridgehead atoms. The SMILES string of the molecule is CCCCCCC(C(=O)NC1C(=O)N2CC(C(=O)O)(C(C)Sc3nnn[nH]3)CS[C@H]12)[S+]([O-])c1cccs1. The highest BCUT2D eigenvalue weighted by molar-refractivity contribution is 8.01. The lowest BCUT2D eigenvalue weighted by atomic mass is 9.84. The van der Waals surface area contributed by atoms with Gasteiger partial charge in [0.2, 0.25) is 15.3 Å². The lowest BCUT2D eigenvalue weighted by Gasteiger charge is -2.55. The van der Waals surface area contributed by atoms with Crippen LogP contribution in [0.5, 0.6) is 0 Å². The summed E-state index contributed by atoms with van der Waals surface area (Å²) in [4.78, 5) is 40.3. The number of hydrogen-bond donors (Lipinski definition) is 3. The minimum atomic E-state index is -1.51. The number of rotatable bonds is 13. The van der Waals surface area contributed by atoms with Crippen LogP contribution in [0.1, 0.15) is 46.0 Å². The number of carbonyl (C=O) groups excluding carboxylic acids is 2. The van der Waals surface area contributed by atoms with E-state index in [1.165, 1.54) is 39.8 Å². The molecule has 0 radical (unpaired) electrons. The number of amides is 2. The number of thiophene rings is 1. The first kappa shape index (κ1) is 28.2. The van der Waals surface area contributed by atoms with Crippen molar-refractivity contribution in [1.29, 1.82) is 0 Å². The number of hydrogen-bond acceptors (Lipinski definition) is 10. The number of nitrogens with zero attached hydrogens (tertiary/aromatic N) is 4. The van der Waals surface area contributed by atoms with E-state index in [1.807, 2.05) is 11.4 Å². The van der Waals surface area contributed by atoms with Crippen LogP contribution in [0.2, 0.25) is 0 Å². The number of thioether (sulfide) groups is 2. The molecule has 0 spiro atoms. The Hall–Kier alpha value is -1.81. The molecule has 2 aromatic heterocycles. The zero-order valence-electron chi connectivity index (χ0n) is 20.5. The van der Waals surface area contributed by atoms with Crippen molar-refractivity contribution in [3.63, 3.8) is 0 Å². The van der Waals surface area contributed by atoms with E-state index in [1.54, 1.807) is 13.0 Å². The highest BCUT2D eigenvalue weighted by atomic mass is 32.2. The lowest BCUT2D eigenvalue weighted by molar-refractivity contribution is -0.158. The second kappa shape index (κ2) is 12.4. The molecule has 2 saturated heterocycles. The van der Waals surface area contributed by atoms with E-state index in [9.17, 15) is 24.0 Å². The molecule has 4 heterocycles. The number of H-pyrrole nitrogens is 1. The van der Waals surface area contributed by atoms with Gasteiger partial charge >= 0.3 is 5.97 Å². The first-order valence-electron chi connectivity index (χ1n) is 12.1. The van der Waals surface area contributed by atoms with Crippen LogP contribution in [0.25, 0.3) is 0 Å². The van der Waals surface area contributed by atoms with Crippen molar-refractivity contribution in [1.82, 2.24) is 30.8 Å². The Bertz CT molecular complexity index is 1070. The number of aromatic nitrogens is 4. The summed E-state index contributed by atoms with van der Waals surface area (Å²) in [6, 6.07) is 2.81. The largest absolute Gasteiger partial charge is 0.610 e. The average Bonchev–Trinajstić information content (AvgIpc) is 3.61. The number of carboxylic acids is 1. The molecule has 2 amide bonds. The van der Waals surface area contributed by atoms with Crippen molar-refractivity contribution < 1.29 is 24.0 Å². The van der Waals surface area contributed by atoms with Gasteiger partial charge in [-0.2, -0.15) is 0 Å². The van der Waals surface area contributed by atoms with Gasteiger partial charge in [0.25, 0.3) is 5.91 Å². The number of unbranched alkanes of at least 4 members (excludes halogenated alkanes) is 3. The number of nitrogens with one attached hydrogen (secondary N) is 2. The monoisotopic (exact) mass is 586 g/mol. The van der Waals surface area contributed by atoms with Crippen LogP contribution in [0.4, 0.5) is 0 Å². The summed E-state index contributed by atoms with van der Waals surface area (Å²) < 4.78 is 13.8. The molecule has 2 fully saturated rings. The molecule has 15 heteroatoms. The second-order valence-electron chi connectivity index (χ2n) is 9.15. The fourth-order valence-corrected chi connectivity index (χ4v) is 9.73. The molecule has 2 aliphatic rings. The summed E-state index contributed by atoms with van der Waals surface area (Å²) in [5.74, 6) is -1.44. The predicted octanol–water partition coefficient (Wildman–Crippen LogP) is 2.36. The summed E-state index contributed by atoms with van der Waals surface area (Å²) in [5.41, 5.74) is -1.20. The first-order valence-corrected chi connectivity index (χ1v) is 16.1. The van der Waals surface area contributed by atoms with Gasteiger partial charge in [0.15, 0.2) is 5.25 Å². The first-order chi connectivity index (χ1) is 17.8. The third kappa shape index (κ3) is 5.95. The summed E-state index contributed by atoms with van der Waals surface area (Å²) in [6.07, 6.45) is 4.31. The zero-order valence-corrected chi connectivity index (χ0v) is 23.8. The summed E-state index contributed by atoms with van der Waals surface area (Å²) in [7, 11) is 0. The van der Waals surface area contributed by atoms with Crippen LogP contribution in [0.3, 0.4) is 0 Å². The molecule has 5 unspecified atom stereocenters.